The smallest absolute Gasteiger partial charge is 0.280 e. The Labute approximate surface area is 142 Å². The highest BCUT2D eigenvalue weighted by Crippen LogP contribution is 2.25. The van der Waals surface area contributed by atoms with Gasteiger partial charge in [-0.25, -0.2) is 18.7 Å². The van der Waals surface area contributed by atoms with E-state index >= 15 is 0 Å². The second-order valence-electron chi connectivity index (χ2n) is 5.44. The van der Waals surface area contributed by atoms with Gasteiger partial charge < -0.3 is 9.42 Å². The molecule has 0 bridgehead atoms. The van der Waals surface area contributed by atoms with Gasteiger partial charge in [-0.2, -0.15) is 4.98 Å². The van der Waals surface area contributed by atoms with Crippen LogP contribution in [0.5, 0.6) is 0 Å². The monoisotopic (exact) mass is 356 g/mol. The Morgan fingerprint density at radius 2 is 1.96 bits per heavy atom. The third-order valence-corrected chi connectivity index (χ3v) is 4.29. The van der Waals surface area contributed by atoms with Crippen LogP contribution < -0.4 is 4.90 Å². The van der Waals surface area contributed by atoms with Gasteiger partial charge in [0.1, 0.15) is 11.5 Å². The summed E-state index contributed by atoms with van der Waals surface area (Å²) in [5, 5.41) is 4.14. The average Bonchev–Trinajstić information content (AvgIpc) is 3.00. The minimum Gasteiger partial charge on any atom is -0.354 e. The fraction of sp³-hybridized carbons (Fsp3) is 0.571. The molecule has 0 N–H and O–H groups in total. The molecule has 10 heteroatoms. The summed E-state index contributed by atoms with van der Waals surface area (Å²) in [7, 11) is 0. The van der Waals surface area contributed by atoms with Crippen molar-refractivity contribution in [3.63, 3.8) is 0 Å². The maximum absolute atomic E-state index is 13.0. The topological polar surface area (TPSA) is 71.2 Å². The Hall–Kier alpha value is -1.81. The van der Waals surface area contributed by atoms with Gasteiger partial charge in [-0.3, -0.25) is 4.90 Å². The summed E-state index contributed by atoms with van der Waals surface area (Å²) in [6.07, 6.45) is -0.821. The van der Waals surface area contributed by atoms with Gasteiger partial charge in [0.05, 0.1) is 6.54 Å². The molecule has 130 valence electrons. The third-order valence-electron chi connectivity index (χ3n) is 3.74. The Morgan fingerprint density at radius 3 is 2.54 bits per heavy atom. The summed E-state index contributed by atoms with van der Waals surface area (Å²) in [5.41, 5.74) is -0.229. The summed E-state index contributed by atoms with van der Waals surface area (Å²) in [4.78, 5) is 16.6. The standard InChI is InChI=1S/C14H18F2N6OS/c1-9-17-12(23-20-9)8-21-3-5-22(6-4-21)11-7-10(13(15)16)18-14(19-11)24-2/h7,13H,3-6,8H2,1-2H3. The van der Waals surface area contributed by atoms with Crippen LogP contribution in [-0.4, -0.2) is 57.4 Å². The lowest BCUT2D eigenvalue weighted by Crippen LogP contribution is -2.46. The average molecular weight is 356 g/mol. The molecular weight excluding hydrogens is 338 g/mol. The van der Waals surface area contributed by atoms with Gasteiger partial charge in [0.2, 0.25) is 5.89 Å². The molecule has 2 aromatic heterocycles. The highest BCUT2D eigenvalue weighted by atomic mass is 32.2. The number of piperazine rings is 1. The minimum absolute atomic E-state index is 0.229. The zero-order valence-corrected chi connectivity index (χ0v) is 14.3. The molecule has 7 nitrogen and oxygen atoms in total. The van der Waals surface area contributed by atoms with Crippen molar-refractivity contribution in [1.82, 2.24) is 25.0 Å². The van der Waals surface area contributed by atoms with E-state index in [1.54, 1.807) is 13.2 Å². The van der Waals surface area contributed by atoms with E-state index in [1.165, 1.54) is 17.8 Å². The van der Waals surface area contributed by atoms with E-state index in [2.05, 4.69) is 25.0 Å². The fourth-order valence-electron chi connectivity index (χ4n) is 2.53. The van der Waals surface area contributed by atoms with Crippen LogP contribution in [-0.2, 0) is 6.54 Å². The number of hydrogen-bond acceptors (Lipinski definition) is 8. The highest BCUT2D eigenvalue weighted by Gasteiger charge is 2.22. The first kappa shape index (κ1) is 17.0. The molecule has 1 aliphatic rings. The molecule has 0 radical (unpaired) electrons. The van der Waals surface area contributed by atoms with Crippen LogP contribution in [0, 0.1) is 6.92 Å². The van der Waals surface area contributed by atoms with Crippen molar-refractivity contribution in [2.45, 2.75) is 25.1 Å². The molecule has 0 aliphatic carbocycles. The molecule has 24 heavy (non-hydrogen) atoms. The second-order valence-corrected chi connectivity index (χ2v) is 6.21. The Kier molecular flexibility index (Phi) is 5.24. The normalized spacial score (nSPS) is 16.1. The van der Waals surface area contributed by atoms with Crippen molar-refractivity contribution in [2.24, 2.45) is 0 Å². The number of anilines is 1. The predicted octanol–water partition coefficient (Wildman–Crippen LogP) is 2.15. The summed E-state index contributed by atoms with van der Waals surface area (Å²) in [6.45, 7) is 5.30. The third kappa shape index (κ3) is 3.99. The van der Waals surface area contributed by atoms with Gasteiger partial charge in [0, 0.05) is 32.2 Å². The van der Waals surface area contributed by atoms with Crippen LogP contribution in [0.4, 0.5) is 14.6 Å². The molecule has 1 saturated heterocycles. The van der Waals surface area contributed by atoms with Crippen LogP contribution in [0.25, 0.3) is 0 Å². The summed E-state index contributed by atoms with van der Waals surface area (Å²) < 4.78 is 31.1. The number of hydrogen-bond donors (Lipinski definition) is 0. The molecule has 0 aromatic carbocycles. The molecule has 0 unspecified atom stereocenters. The Morgan fingerprint density at radius 1 is 1.21 bits per heavy atom. The van der Waals surface area contributed by atoms with E-state index in [9.17, 15) is 8.78 Å². The van der Waals surface area contributed by atoms with E-state index in [0.29, 0.717) is 42.3 Å². The van der Waals surface area contributed by atoms with E-state index in [4.69, 9.17) is 4.52 Å². The van der Waals surface area contributed by atoms with Crippen molar-refractivity contribution in [2.75, 3.05) is 37.3 Å². The number of nitrogens with zero attached hydrogens (tertiary/aromatic N) is 6. The Bertz CT molecular complexity index is 690. The number of halogens is 2. The molecule has 0 spiro atoms. The minimum atomic E-state index is -2.60. The molecular formula is C14H18F2N6OS. The van der Waals surface area contributed by atoms with Crippen LogP contribution >= 0.6 is 11.8 Å². The van der Waals surface area contributed by atoms with Gasteiger partial charge in [-0.05, 0) is 13.2 Å². The maximum atomic E-state index is 13.0. The van der Waals surface area contributed by atoms with Crippen LogP contribution in [0.15, 0.2) is 15.7 Å². The summed E-state index contributed by atoms with van der Waals surface area (Å²) >= 11 is 1.26. The zero-order valence-electron chi connectivity index (χ0n) is 13.4. The predicted molar refractivity (Wildman–Crippen MR) is 85.3 cm³/mol. The van der Waals surface area contributed by atoms with Gasteiger partial charge in [0.15, 0.2) is 11.0 Å². The molecule has 0 amide bonds. The van der Waals surface area contributed by atoms with E-state index in [-0.39, 0.29) is 5.69 Å². The van der Waals surface area contributed by atoms with Crippen molar-refractivity contribution in [3.05, 3.63) is 23.5 Å². The van der Waals surface area contributed by atoms with Gasteiger partial charge >= 0.3 is 0 Å². The molecule has 1 fully saturated rings. The van der Waals surface area contributed by atoms with Gasteiger partial charge in [0.25, 0.3) is 6.43 Å². The summed E-state index contributed by atoms with van der Waals surface area (Å²) in [5.74, 6) is 1.76. The van der Waals surface area contributed by atoms with Crippen molar-refractivity contribution < 1.29 is 13.3 Å². The zero-order chi connectivity index (χ0) is 17.1. The first-order valence-electron chi connectivity index (χ1n) is 7.53. The molecule has 2 aromatic rings. The van der Waals surface area contributed by atoms with Crippen LogP contribution in [0.3, 0.4) is 0 Å². The maximum Gasteiger partial charge on any atom is 0.280 e. The quantitative estimate of drug-likeness (QED) is 0.596. The molecule has 3 heterocycles. The van der Waals surface area contributed by atoms with Gasteiger partial charge in [-0.1, -0.05) is 16.9 Å². The van der Waals surface area contributed by atoms with Gasteiger partial charge in [-0.15, -0.1) is 0 Å². The summed E-state index contributed by atoms with van der Waals surface area (Å²) in [6, 6.07) is 1.38. The van der Waals surface area contributed by atoms with E-state index in [0.717, 1.165) is 13.1 Å². The van der Waals surface area contributed by atoms with Crippen LogP contribution in [0.1, 0.15) is 23.8 Å². The lowest BCUT2D eigenvalue weighted by molar-refractivity contribution is 0.145. The van der Waals surface area contributed by atoms with E-state index < -0.39 is 6.43 Å². The second kappa shape index (κ2) is 7.39. The van der Waals surface area contributed by atoms with Crippen molar-refractivity contribution >= 4 is 17.6 Å². The van der Waals surface area contributed by atoms with Crippen LogP contribution in [0.2, 0.25) is 0 Å². The van der Waals surface area contributed by atoms with Crippen molar-refractivity contribution in [3.8, 4) is 0 Å². The highest BCUT2D eigenvalue weighted by molar-refractivity contribution is 7.98. The number of aryl methyl sites for hydroxylation is 1. The first-order chi connectivity index (χ1) is 11.5. The first-order valence-corrected chi connectivity index (χ1v) is 8.75. The lowest BCUT2D eigenvalue weighted by atomic mass is 10.3. The molecule has 0 atom stereocenters. The number of thioether (sulfide) groups is 1. The largest absolute Gasteiger partial charge is 0.354 e. The molecule has 3 rings (SSSR count). The number of aromatic nitrogens is 4. The Balaban J connectivity index is 1.64. The molecule has 1 aliphatic heterocycles. The number of alkyl halides is 2. The number of rotatable bonds is 5. The fourth-order valence-corrected chi connectivity index (χ4v) is 2.91. The lowest BCUT2D eigenvalue weighted by Gasteiger charge is -2.34. The van der Waals surface area contributed by atoms with Crippen molar-refractivity contribution in [1.29, 1.82) is 0 Å². The van der Waals surface area contributed by atoms with E-state index in [1.807, 2.05) is 4.90 Å². The SMILES string of the molecule is CSc1nc(C(F)F)cc(N2CCN(Cc3nc(C)no3)CC2)n1. The molecule has 0 saturated carbocycles.